The van der Waals surface area contributed by atoms with Gasteiger partial charge < -0.3 is 5.73 Å². The van der Waals surface area contributed by atoms with E-state index in [9.17, 15) is 0 Å². The van der Waals surface area contributed by atoms with E-state index < -0.39 is 0 Å². The van der Waals surface area contributed by atoms with E-state index in [1.807, 2.05) is 16.9 Å². The van der Waals surface area contributed by atoms with Crippen LogP contribution in [0.5, 0.6) is 0 Å². The van der Waals surface area contributed by atoms with Gasteiger partial charge in [-0.1, -0.05) is 25.5 Å². The second-order valence-electron chi connectivity index (χ2n) is 4.85. The molecule has 1 saturated carbocycles. The van der Waals surface area contributed by atoms with Crippen LogP contribution in [-0.4, -0.2) is 9.78 Å². The minimum Gasteiger partial charge on any atom is -0.321 e. The number of hydrogen-bond donors (Lipinski definition) is 1. The highest BCUT2D eigenvalue weighted by atomic mass is 15.3. The SMILES string of the molecule is CC[C@@H]1C[C@@]1(N)c1cccc(-n2cccn2)c1. The van der Waals surface area contributed by atoms with Crippen molar-refractivity contribution in [2.24, 2.45) is 11.7 Å². The zero-order valence-electron chi connectivity index (χ0n) is 10.0. The molecule has 0 saturated heterocycles. The van der Waals surface area contributed by atoms with Gasteiger partial charge in [0.25, 0.3) is 0 Å². The van der Waals surface area contributed by atoms with Gasteiger partial charge in [0.15, 0.2) is 0 Å². The Hall–Kier alpha value is -1.61. The van der Waals surface area contributed by atoms with Gasteiger partial charge >= 0.3 is 0 Å². The minimum atomic E-state index is -0.0993. The summed E-state index contributed by atoms with van der Waals surface area (Å²) in [4.78, 5) is 0. The maximum atomic E-state index is 6.42. The Bertz CT molecular complexity index is 518. The number of nitrogens with zero attached hydrogens (tertiary/aromatic N) is 2. The van der Waals surface area contributed by atoms with Gasteiger partial charge in [-0.3, -0.25) is 0 Å². The monoisotopic (exact) mass is 227 g/mol. The minimum absolute atomic E-state index is 0.0993. The van der Waals surface area contributed by atoms with E-state index in [0.717, 1.165) is 18.5 Å². The summed E-state index contributed by atoms with van der Waals surface area (Å²) in [6.07, 6.45) is 6.00. The Morgan fingerprint density at radius 1 is 1.47 bits per heavy atom. The molecule has 2 N–H and O–H groups in total. The van der Waals surface area contributed by atoms with Gasteiger partial charge in [0.2, 0.25) is 0 Å². The highest BCUT2D eigenvalue weighted by molar-refractivity contribution is 5.41. The Kier molecular flexibility index (Phi) is 2.30. The summed E-state index contributed by atoms with van der Waals surface area (Å²) in [5.41, 5.74) is 8.63. The van der Waals surface area contributed by atoms with Crippen LogP contribution in [0, 0.1) is 5.92 Å². The molecule has 0 spiro atoms. The molecule has 1 aliphatic carbocycles. The van der Waals surface area contributed by atoms with Gasteiger partial charge in [-0.25, -0.2) is 4.68 Å². The molecule has 0 radical (unpaired) electrons. The van der Waals surface area contributed by atoms with Gasteiger partial charge in [0.05, 0.1) is 5.69 Å². The van der Waals surface area contributed by atoms with E-state index in [1.165, 1.54) is 5.56 Å². The molecule has 2 aromatic rings. The molecular weight excluding hydrogens is 210 g/mol. The quantitative estimate of drug-likeness (QED) is 0.875. The third kappa shape index (κ3) is 1.67. The molecule has 88 valence electrons. The van der Waals surface area contributed by atoms with Crippen molar-refractivity contribution in [1.29, 1.82) is 0 Å². The van der Waals surface area contributed by atoms with Gasteiger partial charge in [-0.2, -0.15) is 5.10 Å². The van der Waals surface area contributed by atoms with E-state index in [2.05, 4.69) is 36.3 Å². The number of aromatic nitrogens is 2. The van der Waals surface area contributed by atoms with Crippen LogP contribution >= 0.6 is 0 Å². The van der Waals surface area contributed by atoms with Gasteiger partial charge in [-0.05, 0) is 36.1 Å². The summed E-state index contributed by atoms with van der Waals surface area (Å²) in [6, 6.07) is 10.3. The first-order chi connectivity index (χ1) is 8.24. The highest BCUT2D eigenvalue weighted by Gasteiger charge is 2.50. The van der Waals surface area contributed by atoms with Gasteiger partial charge in [0.1, 0.15) is 0 Å². The number of benzene rings is 1. The third-order valence-corrected chi connectivity index (χ3v) is 3.80. The van der Waals surface area contributed by atoms with Crippen molar-refractivity contribution in [1.82, 2.24) is 9.78 Å². The van der Waals surface area contributed by atoms with Crippen molar-refractivity contribution in [3.8, 4) is 5.69 Å². The second-order valence-corrected chi connectivity index (χ2v) is 4.85. The highest BCUT2D eigenvalue weighted by Crippen LogP contribution is 2.51. The van der Waals surface area contributed by atoms with Crippen LogP contribution < -0.4 is 5.73 Å². The van der Waals surface area contributed by atoms with Crippen molar-refractivity contribution in [2.45, 2.75) is 25.3 Å². The Morgan fingerprint density at radius 3 is 3.00 bits per heavy atom. The first-order valence-corrected chi connectivity index (χ1v) is 6.13. The summed E-state index contributed by atoms with van der Waals surface area (Å²) in [6.45, 7) is 2.20. The fourth-order valence-corrected chi connectivity index (χ4v) is 2.57. The van der Waals surface area contributed by atoms with Crippen LogP contribution in [0.2, 0.25) is 0 Å². The van der Waals surface area contributed by atoms with Crippen LogP contribution in [0.15, 0.2) is 42.7 Å². The maximum Gasteiger partial charge on any atom is 0.0648 e. The molecule has 0 bridgehead atoms. The molecule has 17 heavy (non-hydrogen) atoms. The van der Waals surface area contributed by atoms with E-state index in [0.29, 0.717) is 5.92 Å². The molecule has 1 aromatic heterocycles. The molecule has 3 rings (SSSR count). The zero-order chi connectivity index (χ0) is 11.9. The lowest BCUT2D eigenvalue weighted by atomic mass is 10.0. The molecule has 1 aromatic carbocycles. The van der Waals surface area contributed by atoms with Crippen LogP contribution in [0.3, 0.4) is 0 Å². The van der Waals surface area contributed by atoms with Crippen LogP contribution in [0.4, 0.5) is 0 Å². The topological polar surface area (TPSA) is 43.8 Å². The Morgan fingerprint density at radius 2 is 2.35 bits per heavy atom. The van der Waals surface area contributed by atoms with Crippen molar-refractivity contribution < 1.29 is 0 Å². The molecule has 2 atom stereocenters. The molecule has 0 amide bonds. The van der Waals surface area contributed by atoms with E-state index >= 15 is 0 Å². The van der Waals surface area contributed by atoms with E-state index in [1.54, 1.807) is 6.20 Å². The van der Waals surface area contributed by atoms with Crippen molar-refractivity contribution in [3.63, 3.8) is 0 Å². The molecule has 3 heteroatoms. The summed E-state index contributed by atoms with van der Waals surface area (Å²) in [7, 11) is 0. The van der Waals surface area contributed by atoms with Crippen LogP contribution in [-0.2, 0) is 5.54 Å². The summed E-state index contributed by atoms with van der Waals surface area (Å²) in [5, 5.41) is 4.25. The molecular formula is C14H17N3. The Labute approximate surface area is 101 Å². The maximum absolute atomic E-state index is 6.42. The first-order valence-electron chi connectivity index (χ1n) is 6.13. The van der Waals surface area contributed by atoms with Gasteiger partial charge in [0, 0.05) is 17.9 Å². The first kappa shape index (κ1) is 10.5. The Balaban J connectivity index is 1.96. The standard InChI is InChI=1S/C14H17N3/c1-2-11-10-14(11,15)12-5-3-6-13(9-12)17-8-4-7-16-17/h3-9,11H,2,10,15H2,1H3/t11-,14+/m1/s1. The zero-order valence-corrected chi connectivity index (χ0v) is 10.0. The number of nitrogens with two attached hydrogens (primary N) is 1. The molecule has 1 fully saturated rings. The number of rotatable bonds is 3. The normalized spacial score (nSPS) is 27.1. The average Bonchev–Trinajstić information content (AvgIpc) is 2.81. The predicted octanol–water partition coefficient (Wildman–Crippen LogP) is 2.46. The van der Waals surface area contributed by atoms with Crippen LogP contribution in [0.25, 0.3) is 5.69 Å². The van der Waals surface area contributed by atoms with Crippen molar-refractivity contribution >= 4 is 0 Å². The van der Waals surface area contributed by atoms with Crippen molar-refractivity contribution in [3.05, 3.63) is 48.3 Å². The lowest BCUT2D eigenvalue weighted by molar-refractivity contribution is 0.614. The molecule has 3 nitrogen and oxygen atoms in total. The van der Waals surface area contributed by atoms with Crippen molar-refractivity contribution in [2.75, 3.05) is 0 Å². The fourth-order valence-electron chi connectivity index (χ4n) is 2.57. The molecule has 0 aliphatic heterocycles. The summed E-state index contributed by atoms with van der Waals surface area (Å²) < 4.78 is 1.87. The lowest BCUT2D eigenvalue weighted by Gasteiger charge is -2.13. The second kappa shape index (κ2) is 3.70. The number of hydrogen-bond acceptors (Lipinski definition) is 2. The van der Waals surface area contributed by atoms with Crippen LogP contribution in [0.1, 0.15) is 25.3 Å². The summed E-state index contributed by atoms with van der Waals surface area (Å²) >= 11 is 0. The van der Waals surface area contributed by atoms with E-state index in [-0.39, 0.29) is 5.54 Å². The summed E-state index contributed by atoms with van der Waals surface area (Å²) in [5.74, 6) is 0.635. The third-order valence-electron chi connectivity index (χ3n) is 3.80. The fraction of sp³-hybridized carbons (Fsp3) is 0.357. The predicted molar refractivity (Wildman–Crippen MR) is 67.8 cm³/mol. The molecule has 1 aliphatic rings. The molecule has 1 heterocycles. The largest absolute Gasteiger partial charge is 0.321 e. The van der Waals surface area contributed by atoms with E-state index in [4.69, 9.17) is 5.73 Å². The average molecular weight is 227 g/mol. The smallest absolute Gasteiger partial charge is 0.0648 e. The molecule has 0 unspecified atom stereocenters. The van der Waals surface area contributed by atoms with Gasteiger partial charge in [-0.15, -0.1) is 0 Å². The lowest BCUT2D eigenvalue weighted by Crippen LogP contribution is -2.22.